The van der Waals surface area contributed by atoms with Crippen molar-refractivity contribution >= 4 is 23.2 Å². The lowest BCUT2D eigenvalue weighted by atomic mass is 10.1. The molecule has 8 heteroatoms. The Bertz CT molecular complexity index is 906. The Balaban J connectivity index is 1.26. The van der Waals surface area contributed by atoms with Gasteiger partial charge in [-0.05, 0) is 49.2 Å². The summed E-state index contributed by atoms with van der Waals surface area (Å²) in [6.07, 6.45) is 2.16. The highest BCUT2D eigenvalue weighted by Crippen LogP contribution is 2.25. The Morgan fingerprint density at radius 1 is 1.03 bits per heavy atom. The fourth-order valence-corrected chi connectivity index (χ4v) is 3.71. The number of amides is 2. The molecule has 2 fully saturated rings. The van der Waals surface area contributed by atoms with Gasteiger partial charge in [-0.15, -0.1) is 0 Å². The van der Waals surface area contributed by atoms with Gasteiger partial charge in [0.1, 0.15) is 12.4 Å². The summed E-state index contributed by atoms with van der Waals surface area (Å²) in [5.41, 5.74) is 2.02. The first-order chi connectivity index (χ1) is 15.7. The van der Waals surface area contributed by atoms with Crippen molar-refractivity contribution in [1.82, 2.24) is 4.90 Å². The normalized spacial score (nSPS) is 18.2. The maximum absolute atomic E-state index is 12.5. The van der Waals surface area contributed by atoms with E-state index in [-0.39, 0.29) is 24.5 Å². The van der Waals surface area contributed by atoms with Gasteiger partial charge in [-0.3, -0.25) is 9.59 Å². The predicted molar refractivity (Wildman–Crippen MR) is 121 cm³/mol. The molecule has 170 valence electrons. The summed E-state index contributed by atoms with van der Waals surface area (Å²) in [5, 5.41) is 5.98. The molecule has 0 aliphatic carbocycles. The van der Waals surface area contributed by atoms with Gasteiger partial charge >= 0.3 is 0 Å². The molecule has 0 bridgehead atoms. The number of carbonyl (C=O) groups excluding carboxylic acids is 2. The van der Waals surface area contributed by atoms with Crippen LogP contribution in [0.4, 0.5) is 11.4 Å². The molecule has 0 saturated carbocycles. The van der Waals surface area contributed by atoms with E-state index in [1.165, 1.54) is 0 Å². The third kappa shape index (κ3) is 5.99. The first-order valence-electron chi connectivity index (χ1n) is 11.0. The molecule has 32 heavy (non-hydrogen) atoms. The number of morpholine rings is 1. The van der Waals surface area contributed by atoms with Crippen molar-refractivity contribution in [2.45, 2.75) is 18.9 Å². The van der Waals surface area contributed by atoms with Crippen LogP contribution in [0.25, 0.3) is 0 Å². The monoisotopic (exact) mass is 439 g/mol. The fourth-order valence-electron chi connectivity index (χ4n) is 3.71. The molecule has 2 aliphatic rings. The lowest BCUT2D eigenvalue weighted by Crippen LogP contribution is -2.40. The number of hydrogen-bond donors (Lipinski definition) is 2. The second-order valence-corrected chi connectivity index (χ2v) is 7.83. The highest BCUT2D eigenvalue weighted by Gasteiger charge is 2.19. The summed E-state index contributed by atoms with van der Waals surface area (Å²) in [6, 6.07) is 14.5. The van der Waals surface area contributed by atoms with Gasteiger partial charge in [0, 0.05) is 30.9 Å². The first-order valence-corrected chi connectivity index (χ1v) is 11.0. The van der Waals surface area contributed by atoms with Crippen molar-refractivity contribution in [3.05, 3.63) is 54.1 Å². The van der Waals surface area contributed by atoms with Crippen LogP contribution in [0.15, 0.2) is 48.5 Å². The molecular formula is C24H29N3O5. The van der Waals surface area contributed by atoms with E-state index in [0.29, 0.717) is 49.9 Å². The molecule has 2 aromatic carbocycles. The predicted octanol–water partition coefficient (Wildman–Crippen LogP) is 2.77. The maximum atomic E-state index is 12.5. The average molecular weight is 440 g/mol. The maximum Gasteiger partial charge on any atom is 0.254 e. The molecule has 0 radical (unpaired) electrons. The summed E-state index contributed by atoms with van der Waals surface area (Å²) in [6.45, 7) is 3.71. The average Bonchev–Trinajstić information content (AvgIpc) is 3.36. The second kappa shape index (κ2) is 11.0. The Labute approximate surface area is 187 Å². The number of ether oxygens (including phenoxy) is 3. The van der Waals surface area contributed by atoms with Gasteiger partial charge in [-0.25, -0.2) is 0 Å². The van der Waals surface area contributed by atoms with Crippen molar-refractivity contribution in [3.8, 4) is 5.75 Å². The van der Waals surface area contributed by atoms with E-state index in [1.807, 2.05) is 24.3 Å². The van der Waals surface area contributed by atoms with Crippen LogP contribution in [0, 0.1) is 0 Å². The number of benzene rings is 2. The molecule has 2 amide bonds. The Morgan fingerprint density at radius 3 is 2.56 bits per heavy atom. The minimum absolute atomic E-state index is 0.00259. The van der Waals surface area contributed by atoms with E-state index in [4.69, 9.17) is 14.2 Å². The van der Waals surface area contributed by atoms with Crippen molar-refractivity contribution in [3.63, 3.8) is 0 Å². The molecule has 0 aromatic heterocycles. The van der Waals surface area contributed by atoms with Gasteiger partial charge in [0.25, 0.3) is 5.91 Å². The molecule has 2 N–H and O–H groups in total. The van der Waals surface area contributed by atoms with Crippen LogP contribution in [-0.4, -0.2) is 68.9 Å². The van der Waals surface area contributed by atoms with Crippen LogP contribution in [0.5, 0.6) is 5.75 Å². The summed E-state index contributed by atoms with van der Waals surface area (Å²) in [5.74, 6) is 0.436. The fraction of sp³-hybridized carbons (Fsp3) is 0.417. The van der Waals surface area contributed by atoms with E-state index in [2.05, 4.69) is 10.6 Å². The van der Waals surface area contributed by atoms with Crippen LogP contribution < -0.4 is 15.4 Å². The molecule has 8 nitrogen and oxygen atoms in total. The molecule has 1 unspecified atom stereocenters. The molecule has 2 aliphatic heterocycles. The number of nitrogens with one attached hydrogen (secondary N) is 2. The van der Waals surface area contributed by atoms with Crippen LogP contribution >= 0.6 is 0 Å². The molecule has 0 spiro atoms. The van der Waals surface area contributed by atoms with Crippen LogP contribution in [0.3, 0.4) is 0 Å². The zero-order valence-electron chi connectivity index (χ0n) is 18.0. The smallest absolute Gasteiger partial charge is 0.254 e. The van der Waals surface area contributed by atoms with Gasteiger partial charge in [0.2, 0.25) is 5.91 Å². The van der Waals surface area contributed by atoms with E-state index >= 15 is 0 Å². The lowest BCUT2D eigenvalue weighted by molar-refractivity contribution is -0.114. The summed E-state index contributed by atoms with van der Waals surface area (Å²) >= 11 is 0. The van der Waals surface area contributed by atoms with Crippen molar-refractivity contribution in [1.29, 1.82) is 0 Å². The molecular weight excluding hydrogens is 410 g/mol. The van der Waals surface area contributed by atoms with Gasteiger partial charge < -0.3 is 29.7 Å². The zero-order chi connectivity index (χ0) is 22.2. The third-order valence-electron chi connectivity index (χ3n) is 5.49. The first kappa shape index (κ1) is 22.1. The van der Waals surface area contributed by atoms with Gasteiger partial charge in [0.15, 0.2) is 0 Å². The van der Waals surface area contributed by atoms with Crippen LogP contribution in [0.2, 0.25) is 0 Å². The number of carbonyl (C=O) groups is 2. The van der Waals surface area contributed by atoms with Gasteiger partial charge in [-0.1, -0.05) is 12.1 Å². The highest BCUT2D eigenvalue weighted by atomic mass is 16.5. The number of hydrogen-bond acceptors (Lipinski definition) is 6. The molecule has 2 heterocycles. The van der Waals surface area contributed by atoms with Gasteiger partial charge in [0.05, 0.1) is 31.5 Å². The quantitative estimate of drug-likeness (QED) is 0.658. The van der Waals surface area contributed by atoms with E-state index in [1.54, 1.807) is 29.2 Å². The standard InChI is InChI=1S/C24H29N3O5/c28-23(26-21-5-1-2-6-22(21)32-17-20-4-3-13-31-20)16-25-19-9-7-18(8-10-19)24(29)27-11-14-30-15-12-27/h1-2,5-10,20,25H,3-4,11-17H2,(H,26,28). The number of anilines is 2. The number of nitrogens with zero attached hydrogens (tertiary/aromatic N) is 1. The summed E-state index contributed by atoms with van der Waals surface area (Å²) in [7, 11) is 0. The molecule has 2 saturated heterocycles. The molecule has 2 aromatic rings. The Kier molecular flexibility index (Phi) is 7.58. The zero-order valence-corrected chi connectivity index (χ0v) is 18.0. The van der Waals surface area contributed by atoms with E-state index in [0.717, 1.165) is 25.1 Å². The van der Waals surface area contributed by atoms with Crippen molar-refractivity contribution < 1.29 is 23.8 Å². The second-order valence-electron chi connectivity index (χ2n) is 7.83. The molecule has 4 rings (SSSR count). The largest absolute Gasteiger partial charge is 0.489 e. The highest BCUT2D eigenvalue weighted by molar-refractivity contribution is 5.96. The minimum Gasteiger partial charge on any atom is -0.489 e. The summed E-state index contributed by atoms with van der Waals surface area (Å²) < 4.78 is 16.7. The lowest BCUT2D eigenvalue weighted by Gasteiger charge is -2.26. The summed E-state index contributed by atoms with van der Waals surface area (Å²) in [4.78, 5) is 26.8. The van der Waals surface area contributed by atoms with E-state index in [9.17, 15) is 9.59 Å². The van der Waals surface area contributed by atoms with Crippen LogP contribution in [-0.2, 0) is 14.3 Å². The van der Waals surface area contributed by atoms with E-state index < -0.39 is 0 Å². The van der Waals surface area contributed by atoms with Crippen LogP contribution in [0.1, 0.15) is 23.2 Å². The van der Waals surface area contributed by atoms with Crippen molar-refractivity contribution in [2.75, 3.05) is 56.7 Å². The van der Waals surface area contributed by atoms with Crippen molar-refractivity contribution in [2.24, 2.45) is 0 Å². The number of rotatable bonds is 8. The Hall–Kier alpha value is -3.10. The molecule has 1 atom stereocenters. The number of para-hydroxylation sites is 2. The minimum atomic E-state index is -0.188. The Morgan fingerprint density at radius 2 is 1.81 bits per heavy atom. The topological polar surface area (TPSA) is 89.1 Å². The third-order valence-corrected chi connectivity index (χ3v) is 5.49. The van der Waals surface area contributed by atoms with Gasteiger partial charge in [-0.2, -0.15) is 0 Å². The SMILES string of the molecule is O=C(CNc1ccc(C(=O)N2CCOCC2)cc1)Nc1ccccc1OCC1CCCO1.